The van der Waals surface area contributed by atoms with Crippen LogP contribution in [0, 0.1) is 0 Å². The standard InChI is InChI=1S/C10H18N2O/c1-4-7-12(8-5-2)9-6-10(13)11-3/h4-5H,1-2,6-9H2,3H3,(H,11,13). The highest BCUT2D eigenvalue weighted by atomic mass is 16.1. The monoisotopic (exact) mass is 182 g/mol. The molecule has 0 fully saturated rings. The lowest BCUT2D eigenvalue weighted by Crippen LogP contribution is -2.29. The molecule has 0 saturated carbocycles. The maximum Gasteiger partial charge on any atom is 0.221 e. The number of carbonyl (C=O) groups excluding carboxylic acids is 1. The summed E-state index contributed by atoms with van der Waals surface area (Å²) >= 11 is 0. The Balaban J connectivity index is 3.73. The van der Waals surface area contributed by atoms with Gasteiger partial charge in [-0.05, 0) is 0 Å². The molecule has 0 aromatic heterocycles. The zero-order valence-corrected chi connectivity index (χ0v) is 8.25. The summed E-state index contributed by atoms with van der Waals surface area (Å²) in [5, 5.41) is 2.59. The molecule has 1 N–H and O–H groups in total. The van der Waals surface area contributed by atoms with Gasteiger partial charge in [-0.25, -0.2) is 0 Å². The van der Waals surface area contributed by atoms with Crippen molar-refractivity contribution in [1.29, 1.82) is 0 Å². The van der Waals surface area contributed by atoms with E-state index in [9.17, 15) is 4.79 Å². The second-order valence-corrected chi connectivity index (χ2v) is 2.76. The zero-order chi connectivity index (χ0) is 10.1. The molecular formula is C10H18N2O. The van der Waals surface area contributed by atoms with Crippen LogP contribution in [0.5, 0.6) is 0 Å². The van der Waals surface area contributed by atoms with Gasteiger partial charge in [0.05, 0.1) is 0 Å². The summed E-state index contributed by atoms with van der Waals surface area (Å²) in [6.45, 7) is 9.64. The summed E-state index contributed by atoms with van der Waals surface area (Å²) in [6.07, 6.45) is 4.18. The van der Waals surface area contributed by atoms with E-state index in [1.165, 1.54) is 0 Å². The van der Waals surface area contributed by atoms with Crippen LogP contribution in [-0.4, -0.2) is 37.5 Å². The highest BCUT2D eigenvalue weighted by Crippen LogP contribution is 1.92. The van der Waals surface area contributed by atoms with Gasteiger partial charge in [0.1, 0.15) is 0 Å². The molecular weight excluding hydrogens is 164 g/mol. The van der Waals surface area contributed by atoms with E-state index in [0.29, 0.717) is 6.42 Å². The summed E-state index contributed by atoms with van der Waals surface area (Å²) in [4.78, 5) is 13.0. The van der Waals surface area contributed by atoms with Crippen molar-refractivity contribution < 1.29 is 4.79 Å². The van der Waals surface area contributed by atoms with E-state index >= 15 is 0 Å². The summed E-state index contributed by atoms with van der Waals surface area (Å²) in [5.74, 6) is 0.0677. The normalized spacial score (nSPS) is 9.69. The van der Waals surface area contributed by atoms with E-state index in [1.54, 1.807) is 7.05 Å². The second-order valence-electron chi connectivity index (χ2n) is 2.76. The Kier molecular flexibility index (Phi) is 6.92. The fraction of sp³-hybridized carbons (Fsp3) is 0.500. The largest absolute Gasteiger partial charge is 0.359 e. The lowest BCUT2D eigenvalue weighted by Gasteiger charge is -2.17. The number of nitrogens with zero attached hydrogens (tertiary/aromatic N) is 1. The van der Waals surface area contributed by atoms with Crippen molar-refractivity contribution in [2.45, 2.75) is 6.42 Å². The SMILES string of the molecule is C=CCN(CC=C)CCC(=O)NC. The molecule has 0 unspecified atom stereocenters. The smallest absolute Gasteiger partial charge is 0.221 e. The van der Waals surface area contributed by atoms with E-state index in [-0.39, 0.29) is 5.91 Å². The van der Waals surface area contributed by atoms with Gasteiger partial charge >= 0.3 is 0 Å². The van der Waals surface area contributed by atoms with Crippen LogP contribution in [0.4, 0.5) is 0 Å². The van der Waals surface area contributed by atoms with Gasteiger partial charge in [-0.1, -0.05) is 12.2 Å². The molecule has 1 amide bonds. The molecule has 74 valence electrons. The summed E-state index contributed by atoms with van der Waals surface area (Å²) in [5.41, 5.74) is 0. The first kappa shape index (κ1) is 11.9. The van der Waals surface area contributed by atoms with Crippen LogP contribution in [0.3, 0.4) is 0 Å². The van der Waals surface area contributed by atoms with Gasteiger partial charge in [-0.15, -0.1) is 13.2 Å². The predicted octanol–water partition coefficient (Wildman–Crippen LogP) is 0.796. The molecule has 0 aliphatic carbocycles. The van der Waals surface area contributed by atoms with Crippen molar-refractivity contribution in [1.82, 2.24) is 10.2 Å². The Morgan fingerprint density at radius 2 is 1.92 bits per heavy atom. The molecule has 3 nitrogen and oxygen atoms in total. The molecule has 0 aliphatic rings. The Labute approximate surface area is 80.1 Å². The first-order valence-corrected chi connectivity index (χ1v) is 4.39. The highest BCUT2D eigenvalue weighted by molar-refractivity contribution is 5.75. The molecule has 13 heavy (non-hydrogen) atoms. The maximum absolute atomic E-state index is 10.9. The lowest BCUT2D eigenvalue weighted by molar-refractivity contribution is -0.120. The van der Waals surface area contributed by atoms with E-state index < -0.39 is 0 Å². The number of nitrogens with one attached hydrogen (secondary N) is 1. The quantitative estimate of drug-likeness (QED) is 0.591. The van der Waals surface area contributed by atoms with Crippen molar-refractivity contribution in [3.8, 4) is 0 Å². The predicted molar refractivity (Wildman–Crippen MR) is 55.5 cm³/mol. The van der Waals surface area contributed by atoms with Gasteiger partial charge < -0.3 is 5.32 Å². The van der Waals surface area contributed by atoms with Gasteiger partial charge in [0.25, 0.3) is 0 Å². The Hall–Kier alpha value is -1.09. The van der Waals surface area contributed by atoms with Crippen LogP contribution in [0.25, 0.3) is 0 Å². The average molecular weight is 182 g/mol. The van der Waals surface area contributed by atoms with Gasteiger partial charge in [-0.2, -0.15) is 0 Å². The molecule has 0 aromatic carbocycles. The molecule has 0 atom stereocenters. The van der Waals surface area contributed by atoms with Crippen molar-refractivity contribution >= 4 is 5.91 Å². The van der Waals surface area contributed by atoms with Gasteiger partial charge in [0.15, 0.2) is 0 Å². The van der Waals surface area contributed by atoms with E-state index in [4.69, 9.17) is 0 Å². The van der Waals surface area contributed by atoms with Crippen LogP contribution in [-0.2, 0) is 4.79 Å². The van der Waals surface area contributed by atoms with Crippen molar-refractivity contribution in [3.05, 3.63) is 25.3 Å². The fourth-order valence-electron chi connectivity index (χ4n) is 1.01. The number of amides is 1. The van der Waals surface area contributed by atoms with Crippen LogP contribution < -0.4 is 5.32 Å². The first-order valence-electron chi connectivity index (χ1n) is 4.39. The molecule has 0 aliphatic heterocycles. The minimum absolute atomic E-state index is 0.0677. The van der Waals surface area contributed by atoms with Crippen molar-refractivity contribution in [2.75, 3.05) is 26.7 Å². The van der Waals surface area contributed by atoms with Gasteiger partial charge in [0, 0.05) is 33.1 Å². The number of carbonyl (C=O) groups is 1. The van der Waals surface area contributed by atoms with Crippen LogP contribution in [0.1, 0.15) is 6.42 Å². The number of rotatable bonds is 7. The van der Waals surface area contributed by atoms with Crippen molar-refractivity contribution in [2.24, 2.45) is 0 Å². The van der Waals surface area contributed by atoms with E-state index in [0.717, 1.165) is 19.6 Å². The highest BCUT2D eigenvalue weighted by Gasteiger charge is 2.03. The first-order chi connectivity index (χ1) is 6.24. The summed E-state index contributed by atoms with van der Waals surface area (Å²) in [7, 11) is 1.65. The van der Waals surface area contributed by atoms with Crippen LogP contribution in [0.15, 0.2) is 25.3 Å². The summed E-state index contributed by atoms with van der Waals surface area (Å²) < 4.78 is 0. The third-order valence-electron chi connectivity index (χ3n) is 1.71. The summed E-state index contributed by atoms with van der Waals surface area (Å²) in [6, 6.07) is 0. The van der Waals surface area contributed by atoms with E-state index in [2.05, 4.69) is 23.4 Å². The fourth-order valence-corrected chi connectivity index (χ4v) is 1.01. The Morgan fingerprint density at radius 3 is 2.31 bits per heavy atom. The minimum atomic E-state index is 0.0677. The third kappa shape index (κ3) is 6.11. The van der Waals surface area contributed by atoms with Crippen LogP contribution in [0.2, 0.25) is 0 Å². The van der Waals surface area contributed by atoms with Gasteiger partial charge in [0.2, 0.25) is 5.91 Å². The minimum Gasteiger partial charge on any atom is -0.359 e. The maximum atomic E-state index is 10.9. The lowest BCUT2D eigenvalue weighted by atomic mass is 10.3. The molecule has 0 aromatic rings. The Morgan fingerprint density at radius 1 is 1.38 bits per heavy atom. The molecule has 0 heterocycles. The third-order valence-corrected chi connectivity index (χ3v) is 1.71. The average Bonchev–Trinajstić information content (AvgIpc) is 2.14. The number of hydrogen-bond donors (Lipinski definition) is 1. The van der Waals surface area contributed by atoms with E-state index in [1.807, 2.05) is 12.2 Å². The van der Waals surface area contributed by atoms with Crippen LogP contribution >= 0.6 is 0 Å². The molecule has 0 rings (SSSR count). The molecule has 0 saturated heterocycles. The molecule has 0 spiro atoms. The number of hydrogen-bond acceptors (Lipinski definition) is 2. The molecule has 0 bridgehead atoms. The molecule has 0 radical (unpaired) electrons. The second kappa shape index (κ2) is 7.55. The van der Waals surface area contributed by atoms with Crippen molar-refractivity contribution in [3.63, 3.8) is 0 Å². The molecule has 3 heteroatoms. The Bertz CT molecular complexity index is 168. The topological polar surface area (TPSA) is 32.3 Å². The van der Waals surface area contributed by atoms with Gasteiger partial charge in [-0.3, -0.25) is 9.69 Å². The zero-order valence-electron chi connectivity index (χ0n) is 8.25.